The Morgan fingerprint density at radius 3 is 2.56 bits per heavy atom. The minimum Gasteiger partial charge on any atom is -0.467 e. The Balaban J connectivity index is 1.99. The molecule has 2 fully saturated rings. The second kappa shape index (κ2) is 3.82. The highest BCUT2D eigenvalue weighted by Gasteiger charge is 2.76. The van der Waals surface area contributed by atoms with Crippen molar-refractivity contribution in [3.05, 3.63) is 35.4 Å². The molecule has 1 saturated carbocycles. The molecule has 0 N–H and O–H groups in total. The van der Waals surface area contributed by atoms with Crippen molar-refractivity contribution in [1.82, 2.24) is 0 Å². The van der Waals surface area contributed by atoms with Crippen LogP contribution in [-0.2, 0) is 19.9 Å². The van der Waals surface area contributed by atoms with Gasteiger partial charge in [-0.15, -0.1) is 0 Å². The Labute approximate surface area is 107 Å². The van der Waals surface area contributed by atoms with E-state index in [4.69, 9.17) is 9.47 Å². The van der Waals surface area contributed by atoms with Crippen molar-refractivity contribution in [3.63, 3.8) is 0 Å². The first-order chi connectivity index (χ1) is 8.64. The van der Waals surface area contributed by atoms with Crippen LogP contribution in [0.4, 0.5) is 0 Å². The Kier molecular flexibility index (Phi) is 2.49. The normalized spacial score (nSPS) is 33.7. The largest absolute Gasteiger partial charge is 0.467 e. The summed E-state index contributed by atoms with van der Waals surface area (Å²) in [6.45, 7) is 2.06. The van der Waals surface area contributed by atoms with Crippen LogP contribution in [-0.4, -0.2) is 18.7 Å². The summed E-state index contributed by atoms with van der Waals surface area (Å²) in [5.41, 5.74) is 1.19. The summed E-state index contributed by atoms with van der Waals surface area (Å²) in [6.07, 6.45) is 3.81. The predicted molar refractivity (Wildman–Crippen MR) is 67.2 cm³/mol. The fraction of sp³-hybridized carbons (Fsp3) is 0.533. The first-order valence-corrected chi connectivity index (χ1v) is 6.50. The number of benzene rings is 1. The van der Waals surface area contributed by atoms with E-state index in [0.29, 0.717) is 0 Å². The van der Waals surface area contributed by atoms with Crippen molar-refractivity contribution >= 4 is 5.97 Å². The Morgan fingerprint density at radius 2 is 1.89 bits per heavy atom. The van der Waals surface area contributed by atoms with Crippen molar-refractivity contribution in [2.24, 2.45) is 0 Å². The Bertz CT molecular complexity index is 479. The van der Waals surface area contributed by atoms with Crippen LogP contribution in [0.1, 0.15) is 36.8 Å². The van der Waals surface area contributed by atoms with Crippen LogP contribution in [0.25, 0.3) is 0 Å². The molecule has 2 unspecified atom stereocenters. The van der Waals surface area contributed by atoms with Gasteiger partial charge in [0.25, 0.3) is 0 Å². The molecule has 1 aromatic rings. The minimum atomic E-state index is -0.713. The molecule has 3 heteroatoms. The number of aryl methyl sites for hydroxylation is 1. The van der Waals surface area contributed by atoms with Gasteiger partial charge in [0, 0.05) is 0 Å². The van der Waals surface area contributed by atoms with Crippen molar-refractivity contribution in [1.29, 1.82) is 0 Å². The third-order valence-corrected chi connectivity index (χ3v) is 4.30. The number of fused-ring (bicyclic) bond motifs is 1. The molecular weight excluding hydrogens is 228 g/mol. The molecule has 0 aromatic heterocycles. The van der Waals surface area contributed by atoms with E-state index in [1.165, 1.54) is 12.7 Å². The first-order valence-electron chi connectivity index (χ1n) is 6.50. The Morgan fingerprint density at radius 1 is 1.22 bits per heavy atom. The van der Waals surface area contributed by atoms with Crippen molar-refractivity contribution < 1.29 is 14.3 Å². The summed E-state index contributed by atoms with van der Waals surface area (Å²) in [7, 11) is 1.44. The molecule has 1 aliphatic heterocycles. The van der Waals surface area contributed by atoms with Crippen LogP contribution in [0.5, 0.6) is 0 Å². The number of methoxy groups -OCH3 is 1. The number of ether oxygens (including phenoxy) is 2. The standard InChI is InChI=1S/C15H18O3/c1-11-5-7-12(8-6-11)14-9-3-4-10-15(14,18-14)13(16)17-2/h5-8H,3-4,9-10H2,1-2H3. The summed E-state index contributed by atoms with van der Waals surface area (Å²) in [4.78, 5) is 12.0. The van der Waals surface area contributed by atoms with Crippen LogP contribution in [0.2, 0.25) is 0 Å². The smallest absolute Gasteiger partial charge is 0.341 e. The molecule has 1 saturated heterocycles. The molecule has 1 heterocycles. The monoisotopic (exact) mass is 246 g/mol. The van der Waals surface area contributed by atoms with Crippen LogP contribution in [0.15, 0.2) is 24.3 Å². The maximum absolute atomic E-state index is 12.0. The lowest BCUT2D eigenvalue weighted by Gasteiger charge is -2.23. The lowest BCUT2D eigenvalue weighted by Crippen LogP contribution is -2.36. The van der Waals surface area contributed by atoms with Gasteiger partial charge in [0.05, 0.1) is 7.11 Å². The van der Waals surface area contributed by atoms with Gasteiger partial charge in [-0.3, -0.25) is 0 Å². The maximum Gasteiger partial charge on any atom is 0.341 e. The number of rotatable bonds is 2. The van der Waals surface area contributed by atoms with Crippen LogP contribution < -0.4 is 0 Å². The average molecular weight is 246 g/mol. The van der Waals surface area contributed by atoms with Gasteiger partial charge in [-0.1, -0.05) is 29.8 Å². The third-order valence-electron chi connectivity index (χ3n) is 4.30. The molecule has 18 heavy (non-hydrogen) atoms. The van der Waals surface area contributed by atoms with Gasteiger partial charge >= 0.3 is 5.97 Å². The van der Waals surface area contributed by atoms with E-state index >= 15 is 0 Å². The lowest BCUT2D eigenvalue weighted by atomic mass is 9.75. The van der Waals surface area contributed by atoms with Gasteiger partial charge in [-0.05, 0) is 38.2 Å². The van der Waals surface area contributed by atoms with E-state index in [9.17, 15) is 4.79 Å². The van der Waals surface area contributed by atoms with Gasteiger partial charge in [0.2, 0.25) is 0 Å². The van der Waals surface area contributed by atoms with Gasteiger partial charge in [-0.2, -0.15) is 0 Å². The zero-order valence-corrected chi connectivity index (χ0v) is 10.9. The summed E-state index contributed by atoms with van der Waals surface area (Å²) in [6, 6.07) is 8.29. The number of hydrogen-bond acceptors (Lipinski definition) is 3. The number of esters is 1. The van der Waals surface area contributed by atoms with Crippen molar-refractivity contribution in [3.8, 4) is 0 Å². The third kappa shape index (κ3) is 1.37. The number of epoxide rings is 1. The zero-order chi connectivity index (χ0) is 12.8. The quantitative estimate of drug-likeness (QED) is 0.595. The molecule has 0 radical (unpaired) electrons. The number of carbonyl (C=O) groups excluding carboxylic acids is 1. The average Bonchev–Trinajstić information content (AvgIpc) is 3.10. The van der Waals surface area contributed by atoms with E-state index < -0.39 is 11.2 Å². The Hall–Kier alpha value is -1.35. The van der Waals surface area contributed by atoms with Gasteiger partial charge in [0.1, 0.15) is 5.60 Å². The first kappa shape index (κ1) is 11.7. The SMILES string of the molecule is COC(=O)C12CCCCC1(c1ccc(C)cc1)O2. The lowest BCUT2D eigenvalue weighted by molar-refractivity contribution is -0.147. The zero-order valence-electron chi connectivity index (χ0n) is 10.9. The summed E-state index contributed by atoms with van der Waals surface area (Å²) < 4.78 is 10.9. The molecule has 96 valence electrons. The highest BCUT2D eigenvalue weighted by Crippen LogP contribution is 2.64. The fourth-order valence-electron chi connectivity index (χ4n) is 3.26. The molecular formula is C15H18O3. The van der Waals surface area contributed by atoms with Crippen molar-refractivity contribution in [2.45, 2.75) is 43.8 Å². The maximum atomic E-state index is 12.0. The molecule has 2 aliphatic rings. The van der Waals surface area contributed by atoms with E-state index in [1.54, 1.807) is 0 Å². The van der Waals surface area contributed by atoms with Gasteiger partial charge in [0.15, 0.2) is 5.60 Å². The second-order valence-electron chi connectivity index (χ2n) is 5.32. The molecule has 0 amide bonds. The van der Waals surface area contributed by atoms with Crippen molar-refractivity contribution in [2.75, 3.05) is 7.11 Å². The van der Waals surface area contributed by atoms with Gasteiger partial charge in [-0.25, -0.2) is 4.79 Å². The molecule has 0 spiro atoms. The topological polar surface area (TPSA) is 38.8 Å². The summed E-state index contributed by atoms with van der Waals surface area (Å²) in [5.74, 6) is -0.220. The van der Waals surface area contributed by atoms with E-state index in [-0.39, 0.29) is 5.97 Å². The highest BCUT2D eigenvalue weighted by molar-refractivity contribution is 5.85. The number of carbonyl (C=O) groups is 1. The van der Waals surface area contributed by atoms with Gasteiger partial charge < -0.3 is 9.47 Å². The molecule has 1 aromatic carbocycles. The highest BCUT2D eigenvalue weighted by atomic mass is 16.7. The van der Waals surface area contributed by atoms with E-state index in [2.05, 4.69) is 31.2 Å². The van der Waals surface area contributed by atoms with E-state index in [0.717, 1.165) is 31.2 Å². The second-order valence-corrected chi connectivity index (χ2v) is 5.32. The molecule has 1 aliphatic carbocycles. The summed E-state index contributed by atoms with van der Waals surface area (Å²) >= 11 is 0. The number of hydrogen-bond donors (Lipinski definition) is 0. The van der Waals surface area contributed by atoms with Crippen LogP contribution in [0, 0.1) is 6.92 Å². The molecule has 3 rings (SSSR count). The summed E-state index contributed by atoms with van der Waals surface area (Å²) in [5, 5.41) is 0. The molecule has 0 bridgehead atoms. The molecule has 2 atom stereocenters. The fourth-order valence-corrected chi connectivity index (χ4v) is 3.26. The van der Waals surface area contributed by atoms with E-state index in [1.807, 2.05) is 0 Å². The van der Waals surface area contributed by atoms with Crippen LogP contribution in [0.3, 0.4) is 0 Å². The molecule has 3 nitrogen and oxygen atoms in total. The van der Waals surface area contributed by atoms with Crippen LogP contribution >= 0.6 is 0 Å². The minimum absolute atomic E-state index is 0.220. The predicted octanol–water partition coefficient (Wildman–Crippen LogP) is 2.71.